The summed E-state index contributed by atoms with van der Waals surface area (Å²) in [4.78, 5) is 23.4. The van der Waals surface area contributed by atoms with Crippen molar-refractivity contribution in [2.24, 2.45) is 11.7 Å². The van der Waals surface area contributed by atoms with E-state index in [1.54, 1.807) is 12.1 Å². The van der Waals surface area contributed by atoms with Gasteiger partial charge in [0.15, 0.2) is 6.61 Å². The van der Waals surface area contributed by atoms with Crippen LogP contribution in [0.3, 0.4) is 0 Å². The second kappa shape index (κ2) is 9.19. The summed E-state index contributed by atoms with van der Waals surface area (Å²) in [6.45, 7) is 1.98. The van der Waals surface area contributed by atoms with Gasteiger partial charge in [0, 0.05) is 18.7 Å². The Hall–Kier alpha value is -2.86. The molecule has 1 fully saturated rings. The number of hydrogen-bond donors (Lipinski definition) is 2. The molecule has 27 heavy (non-hydrogen) atoms. The predicted molar refractivity (Wildman–Crippen MR) is 102 cm³/mol. The van der Waals surface area contributed by atoms with Crippen LogP contribution in [-0.4, -0.2) is 38.2 Å². The van der Waals surface area contributed by atoms with Crippen molar-refractivity contribution in [1.29, 1.82) is 0 Å². The maximum Gasteiger partial charge on any atom is 0.255 e. The van der Waals surface area contributed by atoms with Crippen LogP contribution in [0.2, 0.25) is 0 Å². The van der Waals surface area contributed by atoms with Crippen LogP contribution < -0.4 is 15.8 Å². The van der Waals surface area contributed by atoms with Crippen LogP contribution >= 0.6 is 0 Å². The monoisotopic (exact) mass is 368 g/mol. The van der Waals surface area contributed by atoms with Gasteiger partial charge in [0.1, 0.15) is 5.75 Å². The van der Waals surface area contributed by atoms with E-state index >= 15 is 0 Å². The molecule has 0 bridgehead atoms. The molecule has 1 saturated heterocycles. The maximum atomic E-state index is 12.5. The highest BCUT2D eigenvalue weighted by molar-refractivity contribution is 5.95. The van der Waals surface area contributed by atoms with Gasteiger partial charge in [-0.2, -0.15) is 0 Å². The topological polar surface area (TPSA) is 90.7 Å². The highest BCUT2D eigenvalue weighted by Gasteiger charge is 2.15. The Morgan fingerprint density at radius 2 is 1.93 bits per heavy atom. The molecule has 2 amide bonds. The zero-order valence-corrected chi connectivity index (χ0v) is 15.1. The van der Waals surface area contributed by atoms with Crippen molar-refractivity contribution < 1.29 is 19.1 Å². The second-order valence-corrected chi connectivity index (χ2v) is 6.66. The quantitative estimate of drug-likeness (QED) is 0.785. The van der Waals surface area contributed by atoms with Gasteiger partial charge >= 0.3 is 0 Å². The molecular weight excluding hydrogens is 344 g/mol. The standard InChI is InChI=1S/C21H24N2O4/c22-20(24)14-27-19-8-2-6-17(11-19)16-5-1-7-18(10-16)21(25)23-12-15-4-3-9-26-13-15/h1-2,5-8,10-11,15H,3-4,9,12-14H2,(H2,22,24)(H,23,25). The predicted octanol–water partition coefficient (Wildman–Crippen LogP) is 2.37. The van der Waals surface area contributed by atoms with Crippen molar-refractivity contribution in [2.75, 3.05) is 26.4 Å². The highest BCUT2D eigenvalue weighted by atomic mass is 16.5. The lowest BCUT2D eigenvalue weighted by Gasteiger charge is -2.22. The van der Waals surface area contributed by atoms with Crippen molar-refractivity contribution in [3.8, 4) is 16.9 Å². The molecule has 1 atom stereocenters. The van der Waals surface area contributed by atoms with E-state index in [0.29, 0.717) is 30.4 Å². The second-order valence-electron chi connectivity index (χ2n) is 6.66. The summed E-state index contributed by atoms with van der Waals surface area (Å²) in [5.41, 5.74) is 7.51. The van der Waals surface area contributed by atoms with Crippen molar-refractivity contribution in [1.82, 2.24) is 5.32 Å². The van der Waals surface area contributed by atoms with Crippen molar-refractivity contribution in [2.45, 2.75) is 12.8 Å². The van der Waals surface area contributed by atoms with Gasteiger partial charge in [-0.3, -0.25) is 9.59 Å². The van der Waals surface area contributed by atoms with Crippen LogP contribution in [0.15, 0.2) is 48.5 Å². The SMILES string of the molecule is NC(=O)COc1cccc(-c2cccc(C(=O)NCC3CCCOC3)c2)c1. The first-order chi connectivity index (χ1) is 13.1. The molecule has 1 heterocycles. The number of carbonyl (C=O) groups excluding carboxylic acids is 2. The van der Waals surface area contributed by atoms with Gasteiger partial charge in [0.25, 0.3) is 11.8 Å². The summed E-state index contributed by atoms with van der Waals surface area (Å²) in [6.07, 6.45) is 2.13. The Kier molecular flexibility index (Phi) is 6.44. The Morgan fingerprint density at radius 3 is 2.67 bits per heavy atom. The normalized spacial score (nSPS) is 16.5. The molecule has 6 nitrogen and oxygen atoms in total. The highest BCUT2D eigenvalue weighted by Crippen LogP contribution is 2.25. The van der Waals surface area contributed by atoms with Crippen molar-refractivity contribution in [3.63, 3.8) is 0 Å². The molecular formula is C21H24N2O4. The average molecular weight is 368 g/mol. The number of hydrogen-bond acceptors (Lipinski definition) is 4. The van der Waals surface area contributed by atoms with E-state index in [1.807, 2.05) is 36.4 Å². The third-order valence-corrected chi connectivity index (χ3v) is 4.48. The van der Waals surface area contributed by atoms with Gasteiger partial charge in [-0.05, 0) is 54.2 Å². The molecule has 142 valence electrons. The fourth-order valence-corrected chi connectivity index (χ4v) is 3.07. The number of carbonyl (C=O) groups is 2. The minimum atomic E-state index is -0.526. The largest absolute Gasteiger partial charge is 0.484 e. The van der Waals surface area contributed by atoms with Crippen molar-refractivity contribution in [3.05, 3.63) is 54.1 Å². The first kappa shape index (κ1) is 18.9. The molecule has 3 rings (SSSR count). The fraction of sp³-hybridized carbons (Fsp3) is 0.333. The van der Waals surface area contributed by atoms with Crippen LogP contribution in [0.1, 0.15) is 23.2 Å². The van der Waals surface area contributed by atoms with Crippen LogP contribution in [0.4, 0.5) is 0 Å². The molecule has 0 saturated carbocycles. The van der Waals surface area contributed by atoms with Crippen LogP contribution in [-0.2, 0) is 9.53 Å². The summed E-state index contributed by atoms with van der Waals surface area (Å²) < 4.78 is 10.8. The number of rotatable bonds is 7. The number of amides is 2. The third-order valence-electron chi connectivity index (χ3n) is 4.48. The Morgan fingerprint density at radius 1 is 1.15 bits per heavy atom. The lowest BCUT2D eigenvalue weighted by molar-refractivity contribution is -0.119. The summed E-state index contributed by atoms with van der Waals surface area (Å²) >= 11 is 0. The van der Waals surface area contributed by atoms with Gasteiger partial charge in [-0.25, -0.2) is 0 Å². The molecule has 3 N–H and O–H groups in total. The van der Waals surface area contributed by atoms with E-state index in [1.165, 1.54) is 0 Å². The van der Waals surface area contributed by atoms with E-state index in [2.05, 4.69) is 5.32 Å². The van der Waals surface area contributed by atoms with Crippen LogP contribution in [0.5, 0.6) is 5.75 Å². The number of nitrogens with two attached hydrogens (primary N) is 1. The first-order valence-corrected chi connectivity index (χ1v) is 9.09. The van der Waals surface area contributed by atoms with Crippen LogP contribution in [0, 0.1) is 5.92 Å². The average Bonchev–Trinajstić information content (AvgIpc) is 2.71. The van der Waals surface area contributed by atoms with Gasteiger partial charge < -0.3 is 20.5 Å². The van der Waals surface area contributed by atoms with E-state index in [4.69, 9.17) is 15.2 Å². The minimum Gasteiger partial charge on any atom is -0.484 e. The molecule has 1 aliphatic heterocycles. The lowest BCUT2D eigenvalue weighted by Crippen LogP contribution is -2.33. The van der Waals surface area contributed by atoms with Crippen molar-refractivity contribution >= 4 is 11.8 Å². The van der Waals surface area contributed by atoms with Crippen LogP contribution in [0.25, 0.3) is 11.1 Å². The number of primary amides is 1. The number of nitrogens with one attached hydrogen (secondary N) is 1. The van der Waals surface area contributed by atoms with Gasteiger partial charge in [-0.1, -0.05) is 24.3 Å². The molecule has 2 aromatic rings. The summed E-state index contributed by atoms with van der Waals surface area (Å²) in [6, 6.07) is 14.8. The first-order valence-electron chi connectivity index (χ1n) is 9.09. The maximum absolute atomic E-state index is 12.5. The Labute approximate surface area is 158 Å². The van der Waals surface area contributed by atoms with Gasteiger partial charge in [0.2, 0.25) is 0 Å². The van der Waals surface area contributed by atoms with Gasteiger partial charge in [-0.15, -0.1) is 0 Å². The van der Waals surface area contributed by atoms with Gasteiger partial charge in [0.05, 0.1) is 6.61 Å². The molecule has 2 aromatic carbocycles. The molecule has 0 spiro atoms. The van der Waals surface area contributed by atoms with E-state index in [-0.39, 0.29) is 12.5 Å². The molecule has 1 unspecified atom stereocenters. The lowest BCUT2D eigenvalue weighted by atomic mass is 10.0. The molecule has 0 aliphatic carbocycles. The fourth-order valence-electron chi connectivity index (χ4n) is 3.07. The summed E-state index contributed by atoms with van der Waals surface area (Å²) in [7, 11) is 0. The van der Waals surface area contributed by atoms with E-state index in [9.17, 15) is 9.59 Å². The summed E-state index contributed by atoms with van der Waals surface area (Å²) in [5.74, 6) is 0.314. The Balaban J connectivity index is 1.66. The molecule has 6 heteroatoms. The summed E-state index contributed by atoms with van der Waals surface area (Å²) in [5, 5.41) is 3.00. The molecule has 1 aliphatic rings. The smallest absolute Gasteiger partial charge is 0.255 e. The molecule has 0 radical (unpaired) electrons. The van der Waals surface area contributed by atoms with E-state index in [0.717, 1.165) is 30.6 Å². The zero-order valence-electron chi connectivity index (χ0n) is 15.1. The number of benzene rings is 2. The Bertz CT molecular complexity index is 800. The molecule has 0 aromatic heterocycles. The number of ether oxygens (including phenoxy) is 2. The minimum absolute atomic E-state index is 0.0939. The zero-order chi connectivity index (χ0) is 19.1. The third kappa shape index (κ3) is 5.56. The van der Waals surface area contributed by atoms with E-state index < -0.39 is 5.91 Å².